The van der Waals surface area contributed by atoms with Crippen LogP contribution in [0.1, 0.15) is 9.80 Å². The highest BCUT2D eigenvalue weighted by molar-refractivity contribution is 7.15. The van der Waals surface area contributed by atoms with E-state index in [9.17, 15) is 22.4 Å². The monoisotopic (exact) mass is 305 g/mol. The van der Waals surface area contributed by atoms with Crippen LogP contribution in [-0.2, 0) is 0 Å². The van der Waals surface area contributed by atoms with Crippen LogP contribution in [0.2, 0.25) is 0 Å². The molecule has 0 fully saturated rings. The van der Waals surface area contributed by atoms with Gasteiger partial charge in [0.25, 0.3) is 0 Å². The van der Waals surface area contributed by atoms with Gasteiger partial charge in [-0.1, -0.05) is 41.7 Å². The lowest BCUT2D eigenvalue weighted by Gasteiger charge is -2.15. The van der Waals surface area contributed by atoms with Crippen LogP contribution in [0.4, 0.5) is 17.6 Å². The molecule has 3 nitrogen and oxygen atoms in total. The number of hydrogen-bond donors (Lipinski definition) is 0. The number of aromatic nitrogens is 1. The van der Waals surface area contributed by atoms with Gasteiger partial charge in [-0.3, -0.25) is 4.79 Å². The maximum absolute atomic E-state index is 13.0. The molecule has 1 aromatic heterocycles. The molecule has 0 amide bonds. The third-order valence-corrected chi connectivity index (χ3v) is 3.10. The molecule has 2 aromatic rings. The predicted octanol–water partition coefficient (Wildman–Crippen LogP) is 3.86. The fourth-order valence-corrected chi connectivity index (χ4v) is 2.18. The molecule has 1 heterocycles. The SMILES string of the molecule is O=Cc1nc(-c2ccccc2)c(OC(F)(F)C(F)F)s1. The Bertz CT molecular complexity index is 601. The summed E-state index contributed by atoms with van der Waals surface area (Å²) in [6.07, 6.45) is -8.28. The van der Waals surface area contributed by atoms with Gasteiger partial charge in [-0.05, 0) is 0 Å². The zero-order chi connectivity index (χ0) is 14.8. The first kappa shape index (κ1) is 14.4. The number of thiazole rings is 1. The molecule has 0 bridgehead atoms. The molecule has 1 aromatic carbocycles. The van der Waals surface area contributed by atoms with Crippen LogP contribution in [0.3, 0.4) is 0 Å². The van der Waals surface area contributed by atoms with E-state index in [4.69, 9.17) is 0 Å². The fourth-order valence-electron chi connectivity index (χ4n) is 1.39. The normalized spacial score (nSPS) is 11.7. The molecule has 0 atom stereocenters. The molecule has 0 unspecified atom stereocenters. The largest absolute Gasteiger partial charge is 0.461 e. The Morgan fingerprint density at radius 3 is 2.45 bits per heavy atom. The molecule has 0 aliphatic carbocycles. The third kappa shape index (κ3) is 2.96. The summed E-state index contributed by atoms with van der Waals surface area (Å²) in [5.74, 6) is 0. The standard InChI is InChI=1S/C12H7F4NO2S/c13-11(14)12(15,16)19-10-9(17-8(6-18)20-10)7-4-2-1-3-5-7/h1-6,11H. The molecule has 20 heavy (non-hydrogen) atoms. The molecule has 106 valence electrons. The predicted molar refractivity (Wildman–Crippen MR) is 64.5 cm³/mol. The second kappa shape index (κ2) is 5.58. The molecular formula is C12H7F4NO2S. The smallest absolute Gasteiger partial charge is 0.416 e. The second-order valence-electron chi connectivity index (χ2n) is 3.64. The zero-order valence-corrected chi connectivity index (χ0v) is 10.5. The summed E-state index contributed by atoms with van der Waals surface area (Å²) in [5, 5.41) is -0.660. The quantitative estimate of drug-likeness (QED) is 0.622. The molecule has 0 radical (unpaired) electrons. The van der Waals surface area contributed by atoms with Gasteiger partial charge < -0.3 is 4.74 Å². The lowest BCUT2D eigenvalue weighted by Crippen LogP contribution is -2.33. The van der Waals surface area contributed by atoms with Crippen molar-refractivity contribution in [3.05, 3.63) is 35.3 Å². The Labute approximate surface area is 114 Å². The molecule has 0 spiro atoms. The number of benzene rings is 1. The van der Waals surface area contributed by atoms with E-state index in [-0.39, 0.29) is 10.7 Å². The Kier molecular flexibility index (Phi) is 4.03. The van der Waals surface area contributed by atoms with E-state index in [1.807, 2.05) is 0 Å². The summed E-state index contributed by atoms with van der Waals surface area (Å²) in [6, 6.07) is 7.99. The van der Waals surface area contributed by atoms with Crippen molar-refractivity contribution in [2.24, 2.45) is 0 Å². The number of nitrogens with zero attached hydrogens (tertiary/aromatic N) is 1. The summed E-state index contributed by atoms with van der Waals surface area (Å²) in [5.41, 5.74) is 0.315. The van der Waals surface area contributed by atoms with Crippen LogP contribution in [0.15, 0.2) is 30.3 Å². The third-order valence-electron chi connectivity index (χ3n) is 2.24. The fraction of sp³-hybridized carbons (Fsp3) is 0.167. The topological polar surface area (TPSA) is 39.2 Å². The van der Waals surface area contributed by atoms with Gasteiger partial charge in [0.1, 0.15) is 5.69 Å². The Morgan fingerprint density at radius 2 is 1.90 bits per heavy atom. The highest BCUT2D eigenvalue weighted by Gasteiger charge is 2.45. The Hall–Kier alpha value is -1.96. The number of ether oxygens (including phenoxy) is 1. The van der Waals surface area contributed by atoms with Gasteiger partial charge in [-0.2, -0.15) is 17.6 Å². The van der Waals surface area contributed by atoms with Crippen LogP contribution >= 0.6 is 11.3 Å². The molecule has 0 saturated heterocycles. The van der Waals surface area contributed by atoms with Gasteiger partial charge in [0.15, 0.2) is 11.3 Å². The van der Waals surface area contributed by atoms with Crippen LogP contribution < -0.4 is 4.74 Å². The molecule has 0 aliphatic heterocycles. The highest BCUT2D eigenvalue weighted by atomic mass is 32.1. The van der Waals surface area contributed by atoms with Crippen molar-refractivity contribution < 1.29 is 27.1 Å². The highest BCUT2D eigenvalue weighted by Crippen LogP contribution is 2.39. The maximum Gasteiger partial charge on any atom is 0.461 e. The van der Waals surface area contributed by atoms with Crippen LogP contribution in [0.5, 0.6) is 5.06 Å². The van der Waals surface area contributed by atoms with Gasteiger partial charge >= 0.3 is 12.5 Å². The number of rotatable bonds is 5. The van der Waals surface area contributed by atoms with E-state index in [2.05, 4.69) is 9.72 Å². The first-order valence-electron chi connectivity index (χ1n) is 5.30. The molecular weight excluding hydrogens is 298 g/mol. The number of carbonyl (C=O) groups excluding carboxylic acids is 1. The van der Waals surface area contributed by atoms with Crippen molar-refractivity contribution in [3.8, 4) is 16.3 Å². The minimum Gasteiger partial charge on any atom is -0.416 e. The summed E-state index contributed by atoms with van der Waals surface area (Å²) in [4.78, 5) is 14.4. The maximum atomic E-state index is 13.0. The van der Waals surface area contributed by atoms with Crippen molar-refractivity contribution in [1.82, 2.24) is 4.98 Å². The van der Waals surface area contributed by atoms with E-state index < -0.39 is 17.6 Å². The molecule has 2 rings (SSSR count). The number of alkyl halides is 4. The average molecular weight is 305 g/mol. The molecule has 8 heteroatoms. The van der Waals surface area contributed by atoms with Crippen LogP contribution in [0, 0.1) is 0 Å². The van der Waals surface area contributed by atoms with Gasteiger partial charge in [0.05, 0.1) is 0 Å². The van der Waals surface area contributed by atoms with Crippen molar-refractivity contribution in [3.63, 3.8) is 0 Å². The molecule has 0 saturated carbocycles. The summed E-state index contributed by atoms with van der Waals surface area (Å²) in [6.45, 7) is 0. The van der Waals surface area contributed by atoms with E-state index in [1.54, 1.807) is 18.2 Å². The number of aldehydes is 1. The summed E-state index contributed by atoms with van der Waals surface area (Å²) >= 11 is 0.484. The van der Waals surface area contributed by atoms with Gasteiger partial charge in [-0.25, -0.2) is 4.98 Å². The number of carbonyl (C=O) groups is 1. The first-order valence-corrected chi connectivity index (χ1v) is 6.12. The van der Waals surface area contributed by atoms with Crippen molar-refractivity contribution in [2.75, 3.05) is 0 Å². The number of hydrogen-bond acceptors (Lipinski definition) is 4. The average Bonchev–Trinajstić information content (AvgIpc) is 2.82. The van der Waals surface area contributed by atoms with Crippen molar-refractivity contribution in [1.29, 1.82) is 0 Å². The van der Waals surface area contributed by atoms with E-state index in [0.717, 1.165) is 0 Å². The summed E-state index contributed by atoms with van der Waals surface area (Å²) in [7, 11) is 0. The van der Waals surface area contributed by atoms with Gasteiger partial charge in [0.2, 0.25) is 5.06 Å². The minimum absolute atomic E-state index is 0.0713. The lowest BCUT2D eigenvalue weighted by atomic mass is 10.2. The second-order valence-corrected chi connectivity index (χ2v) is 4.63. The van der Waals surface area contributed by atoms with E-state index >= 15 is 0 Å². The van der Waals surface area contributed by atoms with Crippen molar-refractivity contribution in [2.45, 2.75) is 12.5 Å². The van der Waals surface area contributed by atoms with E-state index in [1.165, 1.54) is 12.1 Å². The van der Waals surface area contributed by atoms with Crippen molar-refractivity contribution >= 4 is 17.6 Å². The Morgan fingerprint density at radius 1 is 1.25 bits per heavy atom. The van der Waals surface area contributed by atoms with Crippen LogP contribution in [-0.4, -0.2) is 23.8 Å². The lowest BCUT2D eigenvalue weighted by molar-refractivity contribution is -0.251. The first-order chi connectivity index (χ1) is 9.44. The van der Waals surface area contributed by atoms with Crippen LogP contribution in [0.25, 0.3) is 11.3 Å². The zero-order valence-electron chi connectivity index (χ0n) is 9.73. The minimum atomic E-state index is -4.64. The van der Waals surface area contributed by atoms with E-state index in [0.29, 0.717) is 23.2 Å². The summed E-state index contributed by atoms with van der Waals surface area (Å²) < 4.78 is 54.3. The van der Waals surface area contributed by atoms with Gasteiger partial charge in [-0.15, -0.1) is 0 Å². The molecule has 0 N–H and O–H groups in total. The van der Waals surface area contributed by atoms with Gasteiger partial charge in [0, 0.05) is 5.56 Å². The Balaban J connectivity index is 2.43. The number of halogens is 4. The molecule has 0 aliphatic rings.